The van der Waals surface area contributed by atoms with Crippen molar-refractivity contribution in [1.82, 2.24) is 5.32 Å². The van der Waals surface area contributed by atoms with Crippen LogP contribution in [0.1, 0.15) is 29.2 Å². The van der Waals surface area contributed by atoms with E-state index >= 15 is 0 Å². The van der Waals surface area contributed by atoms with Crippen LogP contribution in [0.15, 0.2) is 12.1 Å². The van der Waals surface area contributed by atoms with Gasteiger partial charge in [0, 0.05) is 6.04 Å². The molecule has 0 bridgehead atoms. The molecular formula is C11H14FN. The highest BCUT2D eigenvalue weighted by molar-refractivity contribution is 5.40. The van der Waals surface area contributed by atoms with Crippen molar-refractivity contribution in [3.8, 4) is 0 Å². The van der Waals surface area contributed by atoms with Gasteiger partial charge in [0.05, 0.1) is 0 Å². The number of rotatable bonds is 1. The fourth-order valence-corrected chi connectivity index (χ4v) is 2.15. The smallest absolute Gasteiger partial charge is 0.126 e. The summed E-state index contributed by atoms with van der Waals surface area (Å²) in [7, 11) is 1.96. The Bertz CT molecular complexity index is 333. The third-order valence-corrected chi connectivity index (χ3v) is 2.98. The molecule has 0 amide bonds. The summed E-state index contributed by atoms with van der Waals surface area (Å²) >= 11 is 0. The van der Waals surface area contributed by atoms with E-state index in [0.29, 0.717) is 6.04 Å². The van der Waals surface area contributed by atoms with Crippen LogP contribution in [0.2, 0.25) is 0 Å². The van der Waals surface area contributed by atoms with E-state index in [1.165, 1.54) is 11.1 Å². The lowest BCUT2D eigenvalue weighted by molar-refractivity contribution is 0.590. The topological polar surface area (TPSA) is 12.0 Å². The molecule has 1 aliphatic rings. The van der Waals surface area contributed by atoms with Gasteiger partial charge >= 0.3 is 0 Å². The molecule has 1 unspecified atom stereocenters. The quantitative estimate of drug-likeness (QED) is 0.697. The normalized spacial score (nSPS) is 20.4. The number of hydrogen-bond donors (Lipinski definition) is 1. The molecule has 70 valence electrons. The minimum atomic E-state index is -0.0736. The van der Waals surface area contributed by atoms with E-state index in [4.69, 9.17) is 0 Å². The monoisotopic (exact) mass is 179 g/mol. The summed E-state index contributed by atoms with van der Waals surface area (Å²) in [5.41, 5.74) is 3.32. The number of benzene rings is 1. The van der Waals surface area contributed by atoms with Crippen molar-refractivity contribution in [2.45, 2.75) is 25.8 Å². The molecule has 0 radical (unpaired) electrons. The van der Waals surface area contributed by atoms with Gasteiger partial charge in [-0.05, 0) is 49.6 Å². The fourth-order valence-electron chi connectivity index (χ4n) is 2.15. The first-order chi connectivity index (χ1) is 6.24. The molecule has 2 heteroatoms. The maximum atomic E-state index is 13.2. The van der Waals surface area contributed by atoms with Crippen molar-refractivity contribution < 1.29 is 4.39 Å². The van der Waals surface area contributed by atoms with Crippen LogP contribution in [-0.4, -0.2) is 7.05 Å². The van der Waals surface area contributed by atoms with Gasteiger partial charge in [0.2, 0.25) is 0 Å². The zero-order valence-electron chi connectivity index (χ0n) is 8.02. The SMILES string of the molecule is CNC1CCc2c1ccc(F)c2C. The summed E-state index contributed by atoms with van der Waals surface area (Å²) in [5.74, 6) is -0.0736. The van der Waals surface area contributed by atoms with Gasteiger partial charge in [-0.3, -0.25) is 0 Å². The fraction of sp³-hybridized carbons (Fsp3) is 0.455. The Morgan fingerprint density at radius 3 is 2.92 bits per heavy atom. The lowest BCUT2D eigenvalue weighted by Gasteiger charge is -2.10. The highest BCUT2D eigenvalue weighted by Crippen LogP contribution is 2.33. The van der Waals surface area contributed by atoms with Crippen LogP contribution in [0, 0.1) is 12.7 Å². The zero-order valence-corrected chi connectivity index (χ0v) is 8.02. The zero-order chi connectivity index (χ0) is 9.42. The summed E-state index contributed by atoms with van der Waals surface area (Å²) in [5, 5.41) is 3.24. The molecule has 0 saturated carbocycles. The molecule has 0 fully saturated rings. The van der Waals surface area contributed by atoms with Gasteiger partial charge in [-0.2, -0.15) is 0 Å². The molecule has 2 rings (SSSR count). The number of halogens is 1. The van der Waals surface area contributed by atoms with E-state index < -0.39 is 0 Å². The van der Waals surface area contributed by atoms with Crippen LogP contribution in [0.25, 0.3) is 0 Å². The summed E-state index contributed by atoms with van der Waals surface area (Å²) in [6.45, 7) is 1.87. The number of fused-ring (bicyclic) bond motifs is 1. The molecule has 0 spiro atoms. The van der Waals surface area contributed by atoms with Gasteiger partial charge in [0.15, 0.2) is 0 Å². The maximum Gasteiger partial charge on any atom is 0.126 e. The minimum absolute atomic E-state index is 0.0736. The van der Waals surface area contributed by atoms with Crippen LogP contribution in [0.5, 0.6) is 0 Å². The summed E-state index contributed by atoms with van der Waals surface area (Å²) in [4.78, 5) is 0. The van der Waals surface area contributed by atoms with Crippen LogP contribution in [0.4, 0.5) is 4.39 Å². The lowest BCUT2D eigenvalue weighted by Crippen LogP contribution is -2.12. The average Bonchev–Trinajstić information content (AvgIpc) is 2.55. The Hall–Kier alpha value is -0.890. The van der Waals surface area contributed by atoms with Crippen molar-refractivity contribution >= 4 is 0 Å². The Kier molecular flexibility index (Phi) is 2.08. The van der Waals surface area contributed by atoms with Crippen molar-refractivity contribution in [1.29, 1.82) is 0 Å². The molecule has 1 atom stereocenters. The molecule has 13 heavy (non-hydrogen) atoms. The molecule has 0 aromatic heterocycles. The van der Waals surface area contributed by atoms with Crippen molar-refractivity contribution in [2.24, 2.45) is 0 Å². The third kappa shape index (κ3) is 1.25. The first-order valence-corrected chi connectivity index (χ1v) is 4.69. The average molecular weight is 179 g/mol. The van der Waals surface area contributed by atoms with Crippen molar-refractivity contribution in [3.63, 3.8) is 0 Å². The summed E-state index contributed by atoms with van der Waals surface area (Å²) < 4.78 is 13.2. The van der Waals surface area contributed by atoms with Crippen LogP contribution >= 0.6 is 0 Å². The second kappa shape index (κ2) is 3.11. The Balaban J connectivity index is 2.50. The van der Waals surface area contributed by atoms with E-state index in [1.54, 1.807) is 6.07 Å². The van der Waals surface area contributed by atoms with E-state index in [1.807, 2.05) is 20.0 Å². The van der Waals surface area contributed by atoms with E-state index in [0.717, 1.165) is 18.4 Å². The van der Waals surface area contributed by atoms with Crippen molar-refractivity contribution in [3.05, 3.63) is 34.6 Å². The Morgan fingerprint density at radius 2 is 2.23 bits per heavy atom. The minimum Gasteiger partial charge on any atom is -0.313 e. The van der Waals surface area contributed by atoms with E-state index in [2.05, 4.69) is 5.32 Å². The summed E-state index contributed by atoms with van der Waals surface area (Å²) in [6, 6.07) is 3.91. The first-order valence-electron chi connectivity index (χ1n) is 4.69. The molecule has 0 heterocycles. The molecule has 1 aliphatic carbocycles. The molecule has 1 nitrogen and oxygen atoms in total. The molecule has 0 aliphatic heterocycles. The standard InChI is InChI=1S/C11H14FN/c1-7-8-4-6-11(13-2)9(8)3-5-10(7)12/h3,5,11,13H,4,6H2,1-2H3. The van der Waals surface area contributed by atoms with E-state index in [9.17, 15) is 4.39 Å². The lowest BCUT2D eigenvalue weighted by atomic mass is 10.0. The second-order valence-corrected chi connectivity index (χ2v) is 3.62. The predicted molar refractivity (Wildman–Crippen MR) is 51.3 cm³/mol. The van der Waals surface area contributed by atoms with Gasteiger partial charge < -0.3 is 5.32 Å². The summed E-state index contributed by atoms with van der Waals surface area (Å²) in [6.07, 6.45) is 2.10. The Morgan fingerprint density at radius 1 is 1.46 bits per heavy atom. The largest absolute Gasteiger partial charge is 0.313 e. The molecule has 1 N–H and O–H groups in total. The van der Waals surface area contributed by atoms with Crippen LogP contribution in [0.3, 0.4) is 0 Å². The van der Waals surface area contributed by atoms with Gasteiger partial charge in [-0.15, -0.1) is 0 Å². The van der Waals surface area contributed by atoms with Crippen molar-refractivity contribution in [2.75, 3.05) is 7.05 Å². The maximum absolute atomic E-state index is 13.2. The van der Waals surface area contributed by atoms with Crippen LogP contribution < -0.4 is 5.32 Å². The van der Waals surface area contributed by atoms with Gasteiger partial charge in [-0.1, -0.05) is 6.07 Å². The molecular weight excluding hydrogens is 165 g/mol. The highest BCUT2D eigenvalue weighted by Gasteiger charge is 2.23. The van der Waals surface area contributed by atoms with Gasteiger partial charge in [-0.25, -0.2) is 4.39 Å². The number of hydrogen-bond acceptors (Lipinski definition) is 1. The van der Waals surface area contributed by atoms with E-state index in [-0.39, 0.29) is 5.82 Å². The highest BCUT2D eigenvalue weighted by atomic mass is 19.1. The second-order valence-electron chi connectivity index (χ2n) is 3.62. The third-order valence-electron chi connectivity index (χ3n) is 2.98. The molecule has 1 aromatic carbocycles. The number of nitrogens with one attached hydrogen (secondary N) is 1. The van der Waals surface area contributed by atoms with Gasteiger partial charge in [0.25, 0.3) is 0 Å². The molecule has 0 saturated heterocycles. The molecule has 1 aromatic rings. The predicted octanol–water partition coefficient (Wildman–Crippen LogP) is 2.34. The Labute approximate surface area is 78.0 Å². The van der Waals surface area contributed by atoms with Crippen LogP contribution in [-0.2, 0) is 6.42 Å². The first kappa shape index (κ1) is 8.70. The van der Waals surface area contributed by atoms with Gasteiger partial charge in [0.1, 0.15) is 5.82 Å².